The van der Waals surface area contributed by atoms with Gasteiger partial charge in [0.15, 0.2) is 0 Å². The Morgan fingerprint density at radius 1 is 0.797 bits per heavy atom. The Morgan fingerprint density at radius 2 is 1.47 bits per heavy atom. The van der Waals surface area contributed by atoms with Crippen molar-refractivity contribution in [3.05, 3.63) is 138 Å². The van der Waals surface area contributed by atoms with Gasteiger partial charge in [0.1, 0.15) is 4.90 Å². The van der Waals surface area contributed by atoms with Gasteiger partial charge in [-0.2, -0.15) is 26.3 Å². The number of sulfonamides is 1. The van der Waals surface area contributed by atoms with E-state index in [0.29, 0.717) is 42.8 Å². The minimum absolute atomic E-state index is 0.0416. The average molecular weight is 945 g/mol. The number of carbonyl (C=O) groups is 1. The zero-order valence-electron chi connectivity index (χ0n) is 34.3. The lowest BCUT2D eigenvalue weighted by Gasteiger charge is -2.34. The van der Waals surface area contributed by atoms with E-state index in [4.69, 9.17) is 0 Å². The molecule has 2 heterocycles. The summed E-state index contributed by atoms with van der Waals surface area (Å²) in [7, 11) is -10.9. The summed E-state index contributed by atoms with van der Waals surface area (Å²) in [4.78, 5) is 14.2. The first-order valence-corrected chi connectivity index (χ1v) is 24.6. The maximum Gasteiger partial charge on any atom is 0.501 e. The van der Waals surface area contributed by atoms with Gasteiger partial charge in [0.2, 0.25) is 0 Å². The normalized spacial score (nSPS) is 17.0. The molecule has 18 heteroatoms. The largest absolute Gasteiger partial charge is 0.501 e. The second kappa shape index (κ2) is 19.6. The monoisotopic (exact) mass is 944 g/mol. The van der Waals surface area contributed by atoms with E-state index in [-0.39, 0.29) is 11.6 Å². The van der Waals surface area contributed by atoms with Crippen LogP contribution in [0.2, 0.25) is 0 Å². The molecule has 2 atom stereocenters. The molecule has 340 valence electrons. The van der Waals surface area contributed by atoms with Crippen LogP contribution >= 0.6 is 11.8 Å². The number of carbonyl (C=O) groups excluding carboxylic acids is 1. The molecule has 0 aliphatic carbocycles. The van der Waals surface area contributed by atoms with E-state index in [1.807, 2.05) is 59.3 Å². The minimum Gasteiger partial charge on any atom is -0.380 e. The average Bonchev–Trinajstić information content (AvgIpc) is 3.79. The quantitative estimate of drug-likeness (QED) is 0.0695. The van der Waals surface area contributed by atoms with Crippen molar-refractivity contribution < 1.29 is 48.0 Å². The maximum atomic E-state index is 14.1. The Morgan fingerprint density at radius 3 is 2.11 bits per heavy atom. The van der Waals surface area contributed by atoms with Crippen LogP contribution in [0.4, 0.5) is 37.7 Å². The van der Waals surface area contributed by atoms with Crippen molar-refractivity contribution >= 4 is 48.9 Å². The Kier molecular flexibility index (Phi) is 14.4. The van der Waals surface area contributed by atoms with Gasteiger partial charge in [0.25, 0.3) is 25.8 Å². The lowest BCUT2D eigenvalue weighted by molar-refractivity contribution is -0.137. The number of alkyl halides is 6. The number of rotatable bonds is 15. The Labute approximate surface area is 373 Å². The van der Waals surface area contributed by atoms with Crippen LogP contribution in [0.25, 0.3) is 11.1 Å². The molecule has 0 spiro atoms. The molecule has 0 bridgehead atoms. The number of piperidine rings is 1. The van der Waals surface area contributed by atoms with E-state index < -0.39 is 64.5 Å². The molecule has 2 aliphatic heterocycles. The molecular formula is C46H46F6N4O5S3. The highest BCUT2D eigenvalue weighted by Crippen LogP contribution is 2.38. The van der Waals surface area contributed by atoms with Crippen molar-refractivity contribution in [3.8, 4) is 11.1 Å². The van der Waals surface area contributed by atoms with Gasteiger partial charge in [-0.25, -0.2) is 21.6 Å². The van der Waals surface area contributed by atoms with Crippen LogP contribution in [0.5, 0.6) is 0 Å². The number of benzene rings is 5. The first kappa shape index (κ1) is 46.9. The zero-order valence-corrected chi connectivity index (χ0v) is 36.8. The third-order valence-corrected chi connectivity index (χ3v) is 15.6. The topological polar surface area (TPSA) is 125 Å². The summed E-state index contributed by atoms with van der Waals surface area (Å²) in [5, 5.41) is 6.32. The van der Waals surface area contributed by atoms with E-state index in [2.05, 4.69) is 15.5 Å². The lowest BCUT2D eigenvalue weighted by Crippen LogP contribution is -2.34. The third-order valence-electron chi connectivity index (χ3n) is 11.5. The van der Waals surface area contributed by atoms with Gasteiger partial charge < -0.3 is 15.5 Å². The number of anilines is 2. The van der Waals surface area contributed by atoms with Crippen LogP contribution in [0.1, 0.15) is 53.6 Å². The fourth-order valence-corrected chi connectivity index (χ4v) is 11.1. The van der Waals surface area contributed by atoms with Crippen molar-refractivity contribution in [2.75, 3.05) is 35.6 Å². The molecule has 2 aliphatic rings. The van der Waals surface area contributed by atoms with E-state index in [9.17, 15) is 48.0 Å². The zero-order chi connectivity index (χ0) is 45.7. The van der Waals surface area contributed by atoms with E-state index in [1.54, 1.807) is 12.1 Å². The van der Waals surface area contributed by atoms with Crippen molar-refractivity contribution in [2.45, 2.75) is 77.0 Å². The van der Waals surface area contributed by atoms with Crippen molar-refractivity contribution in [2.24, 2.45) is 5.92 Å². The van der Waals surface area contributed by atoms with Crippen molar-refractivity contribution in [1.82, 2.24) is 10.0 Å². The number of halogens is 6. The fourth-order valence-electron chi connectivity index (χ4n) is 8.13. The third kappa shape index (κ3) is 11.4. The molecule has 0 radical (unpaired) electrons. The number of nitrogens with one attached hydrogen (secondary N) is 3. The molecule has 0 saturated carbocycles. The Balaban J connectivity index is 1.01. The predicted molar refractivity (Wildman–Crippen MR) is 237 cm³/mol. The van der Waals surface area contributed by atoms with Crippen LogP contribution < -0.4 is 20.3 Å². The fraction of sp³-hybridized carbons (Fsp3) is 0.326. The van der Waals surface area contributed by atoms with E-state index in [1.165, 1.54) is 36.0 Å². The first-order chi connectivity index (χ1) is 30.4. The lowest BCUT2D eigenvalue weighted by atomic mass is 9.86. The molecule has 2 fully saturated rings. The van der Waals surface area contributed by atoms with Gasteiger partial charge >= 0.3 is 11.7 Å². The van der Waals surface area contributed by atoms with E-state index in [0.717, 1.165) is 84.6 Å². The number of nitrogens with zero attached hydrogens (tertiary/aromatic N) is 1. The van der Waals surface area contributed by atoms with Crippen molar-refractivity contribution in [3.63, 3.8) is 0 Å². The van der Waals surface area contributed by atoms with Gasteiger partial charge in [-0.05, 0) is 134 Å². The van der Waals surface area contributed by atoms with Gasteiger partial charge in [-0.3, -0.25) is 4.79 Å². The second-order valence-corrected chi connectivity index (χ2v) is 20.6. The van der Waals surface area contributed by atoms with Crippen LogP contribution in [-0.2, 0) is 32.5 Å². The minimum atomic E-state index is -6.06. The molecule has 7 rings (SSSR count). The van der Waals surface area contributed by atoms with Gasteiger partial charge in [-0.1, -0.05) is 54.6 Å². The summed E-state index contributed by atoms with van der Waals surface area (Å²) >= 11 is 1.44. The molecule has 0 aromatic heterocycles. The highest BCUT2D eigenvalue weighted by Gasteiger charge is 2.48. The summed E-state index contributed by atoms with van der Waals surface area (Å²) in [6, 6.07) is 30.1. The molecule has 5 aromatic carbocycles. The van der Waals surface area contributed by atoms with Crippen molar-refractivity contribution in [1.29, 1.82) is 0 Å². The standard InChI is InChI=1S/C46H46F6N4O5S3/c47-45(48,49)35-16-12-32(13-17-35)41-11-5-4-7-34(41)27-31-22-25-56(26-23-31)38-18-14-33(15-19-38)44(57)55-64(60,61)40-20-21-42(43(29-40)63(58,59)46(50,51)52)54-37(28-36-8-6-24-53-36)30-62-39-9-2-1-3-10-39/h1-5,7,9-21,29,31,36-37,53-54H,6,8,22-28,30H2,(H,55,57)/t36-,37+/m0/s1. The molecular weight excluding hydrogens is 899 g/mol. The summed E-state index contributed by atoms with van der Waals surface area (Å²) in [5.41, 5.74) is -3.54. The Hall–Kier alpha value is -5.04. The smallest absolute Gasteiger partial charge is 0.380 e. The summed E-state index contributed by atoms with van der Waals surface area (Å²) in [5.74, 6) is -0.401. The van der Waals surface area contributed by atoms with Crippen LogP contribution in [0.3, 0.4) is 0 Å². The highest BCUT2D eigenvalue weighted by atomic mass is 32.2. The number of hydrogen-bond acceptors (Lipinski definition) is 9. The van der Waals surface area contributed by atoms with Crippen LogP contribution in [0, 0.1) is 5.92 Å². The number of sulfone groups is 1. The van der Waals surface area contributed by atoms with Crippen LogP contribution in [-0.4, -0.2) is 65.7 Å². The number of amides is 1. The van der Waals surface area contributed by atoms with Gasteiger partial charge in [-0.15, -0.1) is 11.8 Å². The van der Waals surface area contributed by atoms with Gasteiger partial charge in [0, 0.05) is 47.1 Å². The highest BCUT2D eigenvalue weighted by molar-refractivity contribution is 7.99. The molecule has 3 N–H and O–H groups in total. The summed E-state index contributed by atoms with van der Waals surface area (Å²) in [6.07, 6.45) is 0.142. The molecule has 64 heavy (non-hydrogen) atoms. The summed E-state index contributed by atoms with van der Waals surface area (Å²) < 4.78 is 137. The summed E-state index contributed by atoms with van der Waals surface area (Å²) in [6.45, 7) is 2.12. The SMILES string of the molecule is O=C(NS(=O)(=O)c1ccc(N[C@@H](CSc2ccccc2)C[C@@H]2CCCN2)c(S(=O)(=O)C(F)(F)F)c1)c1ccc(N2CCC(Cc3ccccc3-c3ccc(C(F)(F)F)cc3)CC2)cc1. The van der Waals surface area contributed by atoms with E-state index >= 15 is 0 Å². The molecule has 0 unspecified atom stereocenters. The van der Waals surface area contributed by atoms with Crippen LogP contribution in [0.15, 0.2) is 136 Å². The first-order valence-electron chi connectivity index (χ1n) is 20.7. The molecule has 5 aromatic rings. The number of hydrogen-bond donors (Lipinski definition) is 3. The molecule has 2 saturated heterocycles. The Bertz CT molecular complexity index is 2620. The number of thioether (sulfide) groups is 1. The van der Waals surface area contributed by atoms with Gasteiger partial charge in [0.05, 0.1) is 16.1 Å². The second-order valence-electron chi connectivity index (χ2n) is 15.9. The predicted octanol–water partition coefficient (Wildman–Crippen LogP) is 9.96. The maximum absolute atomic E-state index is 14.1. The molecule has 9 nitrogen and oxygen atoms in total. The molecule has 1 amide bonds.